The maximum absolute atomic E-state index is 13.4. The number of amides is 1. The Kier molecular flexibility index (Phi) is 4.92. The summed E-state index contributed by atoms with van der Waals surface area (Å²) < 4.78 is 26.9. The second-order valence-electron chi connectivity index (χ2n) is 6.40. The molecule has 4 nitrogen and oxygen atoms in total. The number of benzene rings is 1. The molecule has 0 unspecified atom stereocenters. The van der Waals surface area contributed by atoms with Gasteiger partial charge in [0.15, 0.2) is 0 Å². The van der Waals surface area contributed by atoms with E-state index in [2.05, 4.69) is 0 Å². The van der Waals surface area contributed by atoms with Gasteiger partial charge in [-0.3, -0.25) is 9.63 Å². The Labute approximate surface area is 134 Å². The molecule has 1 aliphatic carbocycles. The van der Waals surface area contributed by atoms with Crippen LogP contribution in [0.1, 0.15) is 43.7 Å². The van der Waals surface area contributed by atoms with E-state index < -0.39 is 17.7 Å². The second-order valence-corrected chi connectivity index (χ2v) is 6.40. The van der Waals surface area contributed by atoms with Gasteiger partial charge in [0.1, 0.15) is 11.6 Å². The number of carbonyl (C=O) groups is 1. The second kappa shape index (κ2) is 6.93. The van der Waals surface area contributed by atoms with Crippen LogP contribution < -0.4 is 0 Å². The molecule has 126 valence electrons. The third kappa shape index (κ3) is 3.53. The molecule has 1 aromatic rings. The van der Waals surface area contributed by atoms with Crippen molar-refractivity contribution in [3.63, 3.8) is 0 Å². The maximum atomic E-state index is 13.4. The molecule has 2 aliphatic rings. The Morgan fingerprint density at radius 1 is 1.13 bits per heavy atom. The van der Waals surface area contributed by atoms with Gasteiger partial charge in [-0.25, -0.2) is 13.8 Å². The maximum Gasteiger partial charge on any atom is 0.249 e. The Morgan fingerprint density at radius 3 is 2.39 bits per heavy atom. The predicted octanol–water partition coefficient (Wildman–Crippen LogP) is 2.97. The smallest absolute Gasteiger partial charge is 0.249 e. The van der Waals surface area contributed by atoms with Crippen LogP contribution in [-0.4, -0.2) is 29.3 Å². The molecule has 1 amide bonds. The number of aliphatic hydroxyl groups is 1. The highest BCUT2D eigenvalue weighted by molar-refractivity contribution is 5.78. The lowest BCUT2D eigenvalue weighted by molar-refractivity contribution is -0.183. The lowest BCUT2D eigenvalue weighted by Gasteiger charge is -2.31. The van der Waals surface area contributed by atoms with Crippen molar-refractivity contribution in [3.8, 4) is 0 Å². The number of hydrogen-bond donors (Lipinski definition) is 1. The van der Waals surface area contributed by atoms with Crippen LogP contribution in [0.25, 0.3) is 0 Å². The van der Waals surface area contributed by atoms with E-state index >= 15 is 0 Å². The molecular formula is C17H21F2NO3. The molecule has 3 rings (SSSR count). The average molecular weight is 325 g/mol. The van der Waals surface area contributed by atoms with Gasteiger partial charge in [0.2, 0.25) is 5.91 Å². The summed E-state index contributed by atoms with van der Waals surface area (Å²) in [6, 6.07) is 2.89. The SMILES string of the molecule is O=C([C@H]1CC[C@H](CO)CC1)N1OCC[C@H]1c1cc(F)cc(F)c1. The van der Waals surface area contributed by atoms with Crippen LogP contribution in [-0.2, 0) is 9.63 Å². The number of halogens is 2. The third-order valence-corrected chi connectivity index (χ3v) is 4.85. The van der Waals surface area contributed by atoms with Crippen molar-refractivity contribution in [1.29, 1.82) is 0 Å². The first kappa shape index (κ1) is 16.3. The molecule has 1 saturated heterocycles. The van der Waals surface area contributed by atoms with Crippen LogP contribution in [0, 0.1) is 23.5 Å². The lowest BCUT2D eigenvalue weighted by atomic mass is 9.81. The number of hydrogen-bond acceptors (Lipinski definition) is 3. The summed E-state index contributed by atoms with van der Waals surface area (Å²) in [5, 5.41) is 10.5. The molecular weight excluding hydrogens is 304 g/mol. The fraction of sp³-hybridized carbons (Fsp3) is 0.588. The van der Waals surface area contributed by atoms with Crippen molar-refractivity contribution in [2.45, 2.75) is 38.1 Å². The van der Waals surface area contributed by atoms with Gasteiger partial charge in [0.25, 0.3) is 0 Å². The summed E-state index contributed by atoms with van der Waals surface area (Å²) in [4.78, 5) is 18.2. The van der Waals surface area contributed by atoms with Gasteiger partial charge < -0.3 is 5.11 Å². The Bertz CT molecular complexity index is 553. The molecule has 0 bridgehead atoms. The number of rotatable bonds is 3. The molecule has 1 aromatic carbocycles. The van der Waals surface area contributed by atoms with Gasteiger partial charge in [-0.2, -0.15) is 0 Å². The van der Waals surface area contributed by atoms with Crippen molar-refractivity contribution in [1.82, 2.24) is 5.06 Å². The monoisotopic (exact) mass is 325 g/mol. The summed E-state index contributed by atoms with van der Waals surface area (Å²) in [6.45, 7) is 0.521. The van der Waals surface area contributed by atoms with Crippen LogP contribution in [0.15, 0.2) is 18.2 Å². The molecule has 6 heteroatoms. The number of carbonyl (C=O) groups excluding carboxylic acids is 1. The van der Waals surface area contributed by atoms with Crippen LogP contribution in [0.3, 0.4) is 0 Å². The normalized spacial score (nSPS) is 28.1. The van der Waals surface area contributed by atoms with E-state index in [0.29, 0.717) is 31.4 Å². The highest BCUT2D eigenvalue weighted by atomic mass is 19.1. The Morgan fingerprint density at radius 2 is 1.78 bits per heavy atom. The largest absolute Gasteiger partial charge is 0.396 e. The highest BCUT2D eigenvalue weighted by Crippen LogP contribution is 2.36. The minimum Gasteiger partial charge on any atom is -0.396 e. The molecule has 23 heavy (non-hydrogen) atoms. The molecule has 1 heterocycles. The zero-order valence-corrected chi connectivity index (χ0v) is 12.9. The molecule has 0 spiro atoms. The highest BCUT2D eigenvalue weighted by Gasteiger charge is 2.37. The summed E-state index contributed by atoms with van der Waals surface area (Å²) in [5.74, 6) is -1.29. The van der Waals surface area contributed by atoms with E-state index in [1.165, 1.54) is 17.2 Å². The first-order valence-corrected chi connectivity index (χ1v) is 8.11. The molecule has 2 fully saturated rings. The number of aliphatic hydroxyl groups excluding tert-OH is 1. The standard InChI is InChI=1S/C17H21F2NO3/c18-14-7-13(8-15(19)9-14)16-5-6-23-20(16)17(22)12-3-1-11(10-21)2-4-12/h7-9,11-12,16,21H,1-6,10H2/t11-,12-,16-/m0/s1. The van der Waals surface area contributed by atoms with Crippen LogP contribution in [0.2, 0.25) is 0 Å². The van der Waals surface area contributed by atoms with Gasteiger partial charge in [-0.05, 0) is 49.3 Å². The topological polar surface area (TPSA) is 49.8 Å². The van der Waals surface area contributed by atoms with Crippen molar-refractivity contribution < 1.29 is 23.5 Å². The van der Waals surface area contributed by atoms with Crippen LogP contribution in [0.4, 0.5) is 8.78 Å². The van der Waals surface area contributed by atoms with Crippen molar-refractivity contribution >= 4 is 5.91 Å². The summed E-state index contributed by atoms with van der Waals surface area (Å²) in [7, 11) is 0. The van der Waals surface area contributed by atoms with Crippen LogP contribution >= 0.6 is 0 Å². The van der Waals surface area contributed by atoms with Gasteiger partial charge in [0, 0.05) is 25.0 Å². The Hall–Kier alpha value is -1.53. The van der Waals surface area contributed by atoms with Crippen molar-refractivity contribution in [2.75, 3.05) is 13.2 Å². The van der Waals surface area contributed by atoms with Gasteiger partial charge in [0.05, 0.1) is 12.6 Å². The predicted molar refractivity (Wildman–Crippen MR) is 79.0 cm³/mol. The van der Waals surface area contributed by atoms with Gasteiger partial charge in [-0.1, -0.05) is 0 Å². The Balaban J connectivity index is 1.72. The van der Waals surface area contributed by atoms with Gasteiger partial charge >= 0.3 is 0 Å². The van der Waals surface area contributed by atoms with E-state index in [1.54, 1.807) is 0 Å². The first-order valence-electron chi connectivity index (χ1n) is 8.11. The molecule has 0 radical (unpaired) electrons. The van der Waals surface area contributed by atoms with Crippen molar-refractivity contribution in [3.05, 3.63) is 35.4 Å². The molecule has 1 atom stereocenters. The molecule has 1 aliphatic heterocycles. The summed E-state index contributed by atoms with van der Waals surface area (Å²) in [6.07, 6.45) is 3.60. The lowest BCUT2D eigenvalue weighted by Crippen LogP contribution is -2.37. The number of hydroxylamine groups is 2. The van der Waals surface area contributed by atoms with E-state index in [4.69, 9.17) is 4.84 Å². The van der Waals surface area contributed by atoms with E-state index in [1.807, 2.05) is 0 Å². The van der Waals surface area contributed by atoms with E-state index in [9.17, 15) is 18.7 Å². The van der Waals surface area contributed by atoms with E-state index in [0.717, 1.165) is 18.9 Å². The fourth-order valence-corrected chi connectivity index (χ4v) is 3.53. The minimum absolute atomic E-state index is 0.117. The first-order chi connectivity index (χ1) is 11.1. The zero-order valence-electron chi connectivity index (χ0n) is 12.9. The molecule has 1 N–H and O–H groups in total. The molecule has 0 aromatic heterocycles. The zero-order chi connectivity index (χ0) is 16.4. The average Bonchev–Trinajstić information content (AvgIpc) is 3.03. The van der Waals surface area contributed by atoms with Gasteiger partial charge in [-0.15, -0.1) is 0 Å². The summed E-state index contributed by atoms with van der Waals surface area (Å²) >= 11 is 0. The quantitative estimate of drug-likeness (QED) is 0.929. The number of nitrogens with zero attached hydrogens (tertiary/aromatic N) is 1. The van der Waals surface area contributed by atoms with E-state index in [-0.39, 0.29) is 24.3 Å². The third-order valence-electron chi connectivity index (χ3n) is 4.85. The molecule has 1 saturated carbocycles. The minimum atomic E-state index is -0.650. The van der Waals surface area contributed by atoms with Crippen molar-refractivity contribution in [2.24, 2.45) is 11.8 Å². The fourth-order valence-electron chi connectivity index (χ4n) is 3.53. The van der Waals surface area contributed by atoms with Crippen LogP contribution in [0.5, 0.6) is 0 Å². The summed E-state index contributed by atoms with van der Waals surface area (Å²) in [5.41, 5.74) is 0.428.